The SMILES string of the molecule is Cc1ccc(C2c3nc[nH]c3CCN2Cc2cnc(-c3ccccn3)nc2)cc1. The highest BCUT2D eigenvalue weighted by atomic mass is 15.2. The first-order valence-corrected chi connectivity index (χ1v) is 9.83. The van der Waals surface area contributed by atoms with E-state index >= 15 is 0 Å². The molecule has 0 bridgehead atoms. The van der Waals surface area contributed by atoms with E-state index in [0.717, 1.165) is 36.5 Å². The molecule has 1 aliphatic rings. The number of hydrogen-bond acceptors (Lipinski definition) is 5. The van der Waals surface area contributed by atoms with Crippen LogP contribution in [0.5, 0.6) is 0 Å². The van der Waals surface area contributed by atoms with Gasteiger partial charge in [0.25, 0.3) is 0 Å². The molecule has 4 aromatic rings. The summed E-state index contributed by atoms with van der Waals surface area (Å²) < 4.78 is 0. The number of aromatic nitrogens is 5. The summed E-state index contributed by atoms with van der Waals surface area (Å²) in [7, 11) is 0. The summed E-state index contributed by atoms with van der Waals surface area (Å²) in [6.45, 7) is 3.84. The van der Waals surface area contributed by atoms with E-state index in [1.165, 1.54) is 16.8 Å². The van der Waals surface area contributed by atoms with Crippen LogP contribution in [0.15, 0.2) is 67.4 Å². The molecule has 29 heavy (non-hydrogen) atoms. The highest BCUT2D eigenvalue weighted by Gasteiger charge is 2.31. The average molecular weight is 382 g/mol. The van der Waals surface area contributed by atoms with E-state index in [-0.39, 0.29) is 6.04 Å². The molecule has 5 rings (SSSR count). The van der Waals surface area contributed by atoms with Crippen LogP contribution in [-0.4, -0.2) is 36.4 Å². The Morgan fingerprint density at radius 2 is 1.83 bits per heavy atom. The zero-order valence-corrected chi connectivity index (χ0v) is 16.3. The summed E-state index contributed by atoms with van der Waals surface area (Å²) >= 11 is 0. The number of aromatic amines is 1. The van der Waals surface area contributed by atoms with Crippen molar-refractivity contribution in [3.63, 3.8) is 0 Å². The monoisotopic (exact) mass is 382 g/mol. The third-order valence-electron chi connectivity index (χ3n) is 5.40. The van der Waals surface area contributed by atoms with Crippen molar-refractivity contribution < 1.29 is 0 Å². The summed E-state index contributed by atoms with van der Waals surface area (Å²) in [5, 5.41) is 0. The number of H-pyrrole nitrogens is 1. The average Bonchev–Trinajstić information content (AvgIpc) is 3.24. The maximum atomic E-state index is 4.65. The fourth-order valence-corrected chi connectivity index (χ4v) is 3.91. The summed E-state index contributed by atoms with van der Waals surface area (Å²) in [5.41, 5.74) is 6.74. The van der Waals surface area contributed by atoms with Crippen LogP contribution < -0.4 is 0 Å². The van der Waals surface area contributed by atoms with Crippen molar-refractivity contribution in [2.24, 2.45) is 0 Å². The molecular weight excluding hydrogens is 360 g/mol. The lowest BCUT2D eigenvalue weighted by Gasteiger charge is -2.35. The number of imidazole rings is 1. The lowest BCUT2D eigenvalue weighted by Crippen LogP contribution is -2.35. The lowest BCUT2D eigenvalue weighted by atomic mass is 9.94. The summed E-state index contributed by atoms with van der Waals surface area (Å²) in [5.74, 6) is 0.651. The Hall–Kier alpha value is -3.38. The smallest absolute Gasteiger partial charge is 0.178 e. The first-order valence-electron chi connectivity index (χ1n) is 9.83. The summed E-state index contributed by atoms with van der Waals surface area (Å²) in [6, 6.07) is 14.6. The summed E-state index contributed by atoms with van der Waals surface area (Å²) in [4.78, 5) is 23.8. The van der Waals surface area contributed by atoms with E-state index in [9.17, 15) is 0 Å². The predicted octanol–water partition coefficient (Wildman–Crippen LogP) is 3.72. The largest absolute Gasteiger partial charge is 0.348 e. The maximum Gasteiger partial charge on any atom is 0.178 e. The van der Waals surface area contributed by atoms with E-state index in [1.807, 2.05) is 30.6 Å². The topological polar surface area (TPSA) is 70.6 Å². The van der Waals surface area contributed by atoms with Gasteiger partial charge in [-0.05, 0) is 24.6 Å². The molecule has 0 spiro atoms. The molecule has 6 heteroatoms. The van der Waals surface area contributed by atoms with E-state index in [4.69, 9.17) is 0 Å². The predicted molar refractivity (Wildman–Crippen MR) is 111 cm³/mol. The van der Waals surface area contributed by atoms with Gasteiger partial charge in [0.2, 0.25) is 0 Å². The Morgan fingerprint density at radius 3 is 2.59 bits per heavy atom. The molecule has 0 amide bonds. The number of fused-ring (bicyclic) bond motifs is 1. The van der Waals surface area contributed by atoms with Gasteiger partial charge in [-0.25, -0.2) is 15.0 Å². The molecule has 0 radical (unpaired) electrons. The van der Waals surface area contributed by atoms with Crippen molar-refractivity contribution in [2.75, 3.05) is 6.54 Å². The number of pyridine rings is 1. The van der Waals surface area contributed by atoms with Crippen LogP contribution in [0.4, 0.5) is 0 Å². The van der Waals surface area contributed by atoms with Crippen LogP contribution in [0.1, 0.15) is 34.1 Å². The van der Waals surface area contributed by atoms with Crippen molar-refractivity contribution in [3.8, 4) is 11.5 Å². The van der Waals surface area contributed by atoms with Gasteiger partial charge in [-0.2, -0.15) is 0 Å². The van der Waals surface area contributed by atoms with Crippen molar-refractivity contribution >= 4 is 0 Å². The van der Waals surface area contributed by atoms with Crippen LogP contribution in [-0.2, 0) is 13.0 Å². The molecule has 1 unspecified atom stereocenters. The molecule has 4 heterocycles. The van der Waals surface area contributed by atoms with E-state index < -0.39 is 0 Å². The number of benzene rings is 1. The number of nitrogens with zero attached hydrogens (tertiary/aromatic N) is 5. The van der Waals surface area contributed by atoms with Crippen molar-refractivity contribution in [1.29, 1.82) is 0 Å². The molecule has 3 aromatic heterocycles. The molecule has 0 aliphatic carbocycles. The Kier molecular flexibility index (Phi) is 4.62. The Morgan fingerprint density at radius 1 is 1.00 bits per heavy atom. The second-order valence-electron chi connectivity index (χ2n) is 7.43. The second kappa shape index (κ2) is 7.56. The number of nitrogens with one attached hydrogen (secondary N) is 1. The lowest BCUT2D eigenvalue weighted by molar-refractivity contribution is 0.200. The first-order chi connectivity index (χ1) is 14.3. The van der Waals surface area contributed by atoms with Crippen LogP contribution in [0.25, 0.3) is 11.5 Å². The summed E-state index contributed by atoms with van der Waals surface area (Å²) in [6.07, 6.45) is 8.34. The molecular formula is C23H22N6. The van der Waals surface area contributed by atoms with Crippen molar-refractivity contribution in [3.05, 3.63) is 95.5 Å². The molecule has 0 saturated heterocycles. The highest BCUT2D eigenvalue weighted by molar-refractivity contribution is 5.47. The third kappa shape index (κ3) is 3.54. The second-order valence-corrected chi connectivity index (χ2v) is 7.43. The van der Waals surface area contributed by atoms with Crippen LogP contribution in [0, 0.1) is 6.92 Å². The van der Waals surface area contributed by atoms with Crippen molar-refractivity contribution in [2.45, 2.75) is 25.9 Å². The normalized spacial score (nSPS) is 16.5. The van der Waals surface area contributed by atoms with Gasteiger partial charge in [0.15, 0.2) is 5.82 Å². The van der Waals surface area contributed by atoms with Gasteiger partial charge in [-0.3, -0.25) is 9.88 Å². The molecule has 1 N–H and O–H groups in total. The number of hydrogen-bond donors (Lipinski definition) is 1. The highest BCUT2D eigenvalue weighted by Crippen LogP contribution is 2.34. The number of rotatable bonds is 4. The molecule has 6 nitrogen and oxygen atoms in total. The van der Waals surface area contributed by atoms with Crippen molar-refractivity contribution in [1.82, 2.24) is 29.8 Å². The van der Waals surface area contributed by atoms with Gasteiger partial charge in [-0.15, -0.1) is 0 Å². The fraction of sp³-hybridized carbons (Fsp3) is 0.217. The minimum atomic E-state index is 0.126. The zero-order valence-electron chi connectivity index (χ0n) is 16.3. The quantitative estimate of drug-likeness (QED) is 0.582. The molecule has 1 aliphatic heterocycles. The molecule has 1 aromatic carbocycles. The Bertz CT molecular complexity index is 1090. The van der Waals surface area contributed by atoms with E-state index in [2.05, 4.69) is 61.0 Å². The molecule has 1 atom stereocenters. The first kappa shape index (κ1) is 17.7. The maximum absolute atomic E-state index is 4.65. The minimum Gasteiger partial charge on any atom is -0.348 e. The van der Waals surface area contributed by atoms with Crippen LogP contribution >= 0.6 is 0 Å². The van der Waals surface area contributed by atoms with Gasteiger partial charge >= 0.3 is 0 Å². The molecule has 0 fully saturated rings. The van der Waals surface area contributed by atoms with Crippen LogP contribution in [0.2, 0.25) is 0 Å². The van der Waals surface area contributed by atoms with Gasteiger partial charge in [0.05, 0.1) is 18.1 Å². The molecule has 0 saturated carbocycles. The third-order valence-corrected chi connectivity index (χ3v) is 5.40. The van der Waals surface area contributed by atoms with Gasteiger partial charge in [-0.1, -0.05) is 35.9 Å². The minimum absolute atomic E-state index is 0.126. The van der Waals surface area contributed by atoms with E-state index in [0.29, 0.717) is 5.82 Å². The Balaban J connectivity index is 1.43. The van der Waals surface area contributed by atoms with Crippen LogP contribution in [0.3, 0.4) is 0 Å². The van der Waals surface area contributed by atoms with Gasteiger partial charge in [0, 0.05) is 49.4 Å². The van der Waals surface area contributed by atoms with Gasteiger partial charge in [0.1, 0.15) is 5.69 Å². The standard InChI is InChI=1S/C23H22N6/c1-16-5-7-18(8-6-16)22-21-19(27-15-28-21)9-11-29(22)14-17-12-25-23(26-13-17)20-4-2-3-10-24-20/h2-8,10,12-13,15,22H,9,11,14H2,1H3,(H,27,28). The van der Waals surface area contributed by atoms with E-state index in [1.54, 1.807) is 12.5 Å². The Labute approximate surface area is 169 Å². The zero-order chi connectivity index (χ0) is 19.6. The van der Waals surface area contributed by atoms with Gasteiger partial charge < -0.3 is 4.98 Å². The fourth-order valence-electron chi connectivity index (χ4n) is 3.91. The number of aryl methyl sites for hydroxylation is 1. The molecule has 144 valence electrons.